The van der Waals surface area contributed by atoms with E-state index in [1.54, 1.807) is 12.4 Å². The van der Waals surface area contributed by atoms with Crippen LogP contribution in [0.4, 0.5) is 17.3 Å². The van der Waals surface area contributed by atoms with Crippen molar-refractivity contribution in [2.24, 2.45) is 0 Å². The van der Waals surface area contributed by atoms with Crippen LogP contribution in [0, 0.1) is 0 Å². The summed E-state index contributed by atoms with van der Waals surface area (Å²) in [5, 5.41) is 4.21. The van der Waals surface area contributed by atoms with Gasteiger partial charge in [-0.1, -0.05) is 12.1 Å². The van der Waals surface area contributed by atoms with Gasteiger partial charge in [0.1, 0.15) is 5.82 Å². The summed E-state index contributed by atoms with van der Waals surface area (Å²) in [5.74, 6) is 0.971. The summed E-state index contributed by atoms with van der Waals surface area (Å²) < 4.78 is 0.945. The van der Waals surface area contributed by atoms with Gasteiger partial charge in [0.25, 0.3) is 0 Å². The average molecular weight is 316 g/mol. The molecule has 5 nitrogen and oxygen atoms in total. The van der Waals surface area contributed by atoms with E-state index in [4.69, 9.17) is 5.73 Å². The maximum atomic E-state index is 5.61. The third-order valence-corrected chi connectivity index (χ3v) is 3.03. The zero-order valence-corrected chi connectivity index (χ0v) is 11.4. The number of para-hydroxylation sites is 1. The van der Waals surface area contributed by atoms with Crippen LogP contribution < -0.4 is 11.1 Å². The van der Waals surface area contributed by atoms with E-state index in [0.717, 1.165) is 21.1 Å². The molecule has 19 heavy (non-hydrogen) atoms. The first-order valence-corrected chi connectivity index (χ1v) is 6.40. The third-order valence-electron chi connectivity index (χ3n) is 2.59. The third kappa shape index (κ3) is 2.48. The lowest BCUT2D eigenvalue weighted by molar-refractivity contribution is 1.21. The summed E-state index contributed by atoms with van der Waals surface area (Å²) in [6.07, 6.45) is 4.89. The zero-order chi connectivity index (χ0) is 13.2. The number of halogens is 1. The lowest BCUT2D eigenvalue weighted by atomic mass is 10.2. The second-order valence-corrected chi connectivity index (χ2v) is 4.90. The quantitative estimate of drug-likeness (QED) is 0.759. The first kappa shape index (κ1) is 11.9. The van der Waals surface area contributed by atoms with Crippen LogP contribution in [0.1, 0.15) is 0 Å². The Balaban J connectivity index is 2.06. The highest BCUT2D eigenvalue weighted by Gasteiger charge is 2.04. The Morgan fingerprint density at radius 2 is 2.05 bits per heavy atom. The standard InChI is InChI=1S/C13H10BrN5/c14-9-4-8-2-1-3-10(13(8)17-5-9)18-12-7-16-6-11(15)19-12/h1-7H,(H3,15,18,19). The molecule has 6 heteroatoms. The summed E-state index contributed by atoms with van der Waals surface area (Å²) in [7, 11) is 0. The lowest BCUT2D eigenvalue weighted by Gasteiger charge is -2.08. The molecule has 0 aliphatic carbocycles. The topological polar surface area (TPSA) is 76.7 Å². The van der Waals surface area contributed by atoms with E-state index in [0.29, 0.717) is 11.6 Å². The van der Waals surface area contributed by atoms with Crippen LogP contribution in [0.2, 0.25) is 0 Å². The van der Waals surface area contributed by atoms with Gasteiger partial charge in [0.15, 0.2) is 5.82 Å². The number of anilines is 3. The predicted molar refractivity (Wildman–Crippen MR) is 79.2 cm³/mol. The lowest BCUT2D eigenvalue weighted by Crippen LogP contribution is -1.99. The molecule has 2 heterocycles. The van der Waals surface area contributed by atoms with Gasteiger partial charge in [0, 0.05) is 16.1 Å². The average Bonchev–Trinajstić information content (AvgIpc) is 2.38. The monoisotopic (exact) mass is 315 g/mol. The molecule has 0 atom stereocenters. The van der Waals surface area contributed by atoms with E-state index in [1.165, 1.54) is 6.20 Å². The molecule has 94 valence electrons. The highest BCUT2D eigenvalue weighted by molar-refractivity contribution is 9.10. The summed E-state index contributed by atoms with van der Waals surface area (Å²) in [6.45, 7) is 0. The number of hydrogen-bond acceptors (Lipinski definition) is 5. The van der Waals surface area contributed by atoms with Gasteiger partial charge in [0.2, 0.25) is 0 Å². The van der Waals surface area contributed by atoms with Gasteiger partial charge in [-0.05, 0) is 28.1 Å². The Labute approximate surface area is 118 Å². The molecule has 0 saturated heterocycles. The Kier molecular flexibility index (Phi) is 3.00. The molecule has 0 radical (unpaired) electrons. The number of pyridine rings is 1. The number of benzene rings is 1. The molecule has 0 unspecified atom stereocenters. The van der Waals surface area contributed by atoms with E-state index in [9.17, 15) is 0 Å². The molecule has 0 aliphatic rings. The van der Waals surface area contributed by atoms with E-state index in [2.05, 4.69) is 36.2 Å². The summed E-state index contributed by atoms with van der Waals surface area (Å²) >= 11 is 3.41. The second kappa shape index (κ2) is 4.81. The first-order chi connectivity index (χ1) is 9.22. The summed E-state index contributed by atoms with van der Waals surface area (Å²) in [6, 6.07) is 7.91. The number of nitrogen functional groups attached to an aromatic ring is 1. The molecule has 2 aromatic heterocycles. The van der Waals surface area contributed by atoms with Crippen molar-refractivity contribution in [3.63, 3.8) is 0 Å². The molecule has 3 N–H and O–H groups in total. The van der Waals surface area contributed by atoms with Gasteiger partial charge < -0.3 is 11.1 Å². The minimum atomic E-state index is 0.376. The van der Waals surface area contributed by atoms with Crippen LogP contribution in [0.15, 0.2) is 47.3 Å². The fourth-order valence-corrected chi connectivity index (χ4v) is 2.16. The SMILES string of the molecule is Nc1cncc(Nc2cccc3cc(Br)cnc23)n1. The molecule has 0 fully saturated rings. The van der Waals surface area contributed by atoms with Gasteiger partial charge in [0.05, 0.1) is 23.6 Å². The van der Waals surface area contributed by atoms with Crippen molar-refractivity contribution in [1.29, 1.82) is 0 Å². The van der Waals surface area contributed by atoms with Gasteiger partial charge in [-0.2, -0.15) is 0 Å². The number of aromatic nitrogens is 3. The number of hydrogen-bond donors (Lipinski definition) is 2. The van der Waals surface area contributed by atoms with Crippen molar-refractivity contribution >= 4 is 44.2 Å². The van der Waals surface area contributed by atoms with Gasteiger partial charge in [-0.15, -0.1) is 0 Å². The van der Waals surface area contributed by atoms with E-state index in [-0.39, 0.29) is 0 Å². The maximum absolute atomic E-state index is 5.61. The molecular weight excluding hydrogens is 306 g/mol. The van der Waals surface area contributed by atoms with Crippen molar-refractivity contribution in [3.05, 3.63) is 47.3 Å². The predicted octanol–water partition coefficient (Wildman–Crippen LogP) is 3.11. The Morgan fingerprint density at radius 3 is 2.89 bits per heavy atom. The zero-order valence-electron chi connectivity index (χ0n) is 9.84. The van der Waals surface area contributed by atoms with Crippen LogP contribution in [0.5, 0.6) is 0 Å². The number of nitrogens with zero attached hydrogens (tertiary/aromatic N) is 3. The minimum Gasteiger partial charge on any atom is -0.382 e. The van der Waals surface area contributed by atoms with Crippen LogP contribution >= 0.6 is 15.9 Å². The first-order valence-electron chi connectivity index (χ1n) is 5.61. The Hall–Kier alpha value is -2.21. The van der Waals surface area contributed by atoms with Gasteiger partial charge >= 0.3 is 0 Å². The summed E-state index contributed by atoms with van der Waals surface area (Å²) in [5.41, 5.74) is 7.35. The highest BCUT2D eigenvalue weighted by atomic mass is 79.9. The summed E-state index contributed by atoms with van der Waals surface area (Å²) in [4.78, 5) is 12.6. The maximum Gasteiger partial charge on any atom is 0.151 e. The van der Waals surface area contributed by atoms with E-state index < -0.39 is 0 Å². The van der Waals surface area contributed by atoms with Crippen molar-refractivity contribution in [1.82, 2.24) is 15.0 Å². The molecular formula is C13H10BrN5. The molecule has 3 aromatic rings. The van der Waals surface area contributed by atoms with Crippen LogP contribution in [0.3, 0.4) is 0 Å². The van der Waals surface area contributed by atoms with Crippen molar-refractivity contribution < 1.29 is 0 Å². The number of rotatable bonds is 2. The molecule has 0 spiro atoms. The Morgan fingerprint density at radius 1 is 1.16 bits per heavy atom. The number of nitrogens with two attached hydrogens (primary N) is 1. The van der Waals surface area contributed by atoms with Crippen molar-refractivity contribution in [2.75, 3.05) is 11.1 Å². The van der Waals surface area contributed by atoms with Gasteiger partial charge in [-0.25, -0.2) is 4.98 Å². The molecule has 0 amide bonds. The highest BCUT2D eigenvalue weighted by Crippen LogP contribution is 2.25. The Bertz CT molecular complexity index is 744. The van der Waals surface area contributed by atoms with Gasteiger partial charge in [-0.3, -0.25) is 9.97 Å². The normalized spacial score (nSPS) is 10.6. The molecule has 1 aromatic carbocycles. The van der Waals surface area contributed by atoms with Crippen molar-refractivity contribution in [2.45, 2.75) is 0 Å². The molecule has 0 aliphatic heterocycles. The molecule has 0 saturated carbocycles. The van der Waals surface area contributed by atoms with Crippen molar-refractivity contribution in [3.8, 4) is 0 Å². The molecule has 0 bridgehead atoms. The smallest absolute Gasteiger partial charge is 0.151 e. The second-order valence-electron chi connectivity index (χ2n) is 3.99. The van der Waals surface area contributed by atoms with E-state index >= 15 is 0 Å². The number of nitrogens with one attached hydrogen (secondary N) is 1. The molecule has 3 rings (SSSR count). The minimum absolute atomic E-state index is 0.376. The largest absolute Gasteiger partial charge is 0.382 e. The fourth-order valence-electron chi connectivity index (χ4n) is 1.81. The van der Waals surface area contributed by atoms with E-state index in [1.807, 2.05) is 24.3 Å². The van der Waals surface area contributed by atoms with Crippen LogP contribution in [-0.2, 0) is 0 Å². The fraction of sp³-hybridized carbons (Fsp3) is 0. The van der Waals surface area contributed by atoms with Crippen LogP contribution in [-0.4, -0.2) is 15.0 Å². The van der Waals surface area contributed by atoms with Crippen LogP contribution in [0.25, 0.3) is 10.9 Å². The number of fused-ring (bicyclic) bond motifs is 1.